The Labute approximate surface area is 135 Å². The molecular weight excluding hydrogens is 322 g/mol. The topological polar surface area (TPSA) is 68.0 Å². The first-order valence-corrected chi connectivity index (χ1v) is 7.83. The molecule has 0 fully saturated rings. The van der Waals surface area contributed by atoms with Crippen LogP contribution in [-0.4, -0.2) is 16.0 Å². The van der Waals surface area contributed by atoms with Gasteiger partial charge >= 0.3 is 0 Å². The highest BCUT2D eigenvalue weighted by atomic mass is 35.5. The Hall–Kier alpha value is -2.18. The number of carbonyl (C=O) groups is 1. The van der Waals surface area contributed by atoms with Gasteiger partial charge in [-0.3, -0.25) is 4.79 Å². The van der Waals surface area contributed by atoms with E-state index in [0.29, 0.717) is 21.6 Å². The summed E-state index contributed by atoms with van der Waals surface area (Å²) in [5.41, 5.74) is 0.802. The molecule has 1 aromatic carbocycles. The normalized spacial score (nSPS) is 12.1. The fourth-order valence-corrected chi connectivity index (χ4v) is 2.62. The summed E-state index contributed by atoms with van der Waals surface area (Å²) in [6, 6.07) is 10.4. The molecule has 3 aromatic rings. The minimum absolute atomic E-state index is 0.159. The van der Waals surface area contributed by atoms with Crippen molar-refractivity contribution in [3.63, 3.8) is 0 Å². The third-order valence-corrected chi connectivity index (χ3v) is 4.13. The van der Waals surface area contributed by atoms with Crippen LogP contribution in [0.1, 0.15) is 28.5 Å². The number of hydrogen-bond donors (Lipinski definition) is 1. The molecule has 1 atom stereocenters. The van der Waals surface area contributed by atoms with Crippen LogP contribution >= 0.6 is 22.9 Å². The fourth-order valence-electron chi connectivity index (χ4n) is 1.86. The van der Waals surface area contributed by atoms with Gasteiger partial charge in [-0.1, -0.05) is 22.8 Å². The largest absolute Gasteiger partial charge is 0.340 e. The SMILES string of the molecule is C[C@@H](NC(=O)c1cccs1)c1nc(-c2ccc(Cl)cc2)no1. The van der Waals surface area contributed by atoms with Crippen molar-refractivity contribution in [3.8, 4) is 11.4 Å². The number of thiophene rings is 1. The van der Waals surface area contributed by atoms with E-state index in [9.17, 15) is 4.79 Å². The van der Waals surface area contributed by atoms with Gasteiger partial charge in [-0.25, -0.2) is 0 Å². The second-order valence-corrected chi connectivity index (χ2v) is 6.02. The van der Waals surface area contributed by atoms with Crippen LogP contribution in [0.15, 0.2) is 46.3 Å². The molecule has 2 aromatic heterocycles. The molecule has 0 spiro atoms. The van der Waals surface area contributed by atoms with Crippen LogP contribution in [0, 0.1) is 0 Å². The lowest BCUT2D eigenvalue weighted by Crippen LogP contribution is -2.26. The summed E-state index contributed by atoms with van der Waals surface area (Å²) < 4.78 is 5.22. The number of carbonyl (C=O) groups excluding carboxylic acids is 1. The van der Waals surface area contributed by atoms with E-state index in [-0.39, 0.29) is 11.9 Å². The zero-order valence-electron chi connectivity index (χ0n) is 11.6. The number of hydrogen-bond acceptors (Lipinski definition) is 5. The molecule has 3 rings (SSSR count). The number of aromatic nitrogens is 2. The van der Waals surface area contributed by atoms with Crippen molar-refractivity contribution in [1.82, 2.24) is 15.5 Å². The Morgan fingerprint density at radius 2 is 2.09 bits per heavy atom. The summed E-state index contributed by atoms with van der Waals surface area (Å²) in [6.07, 6.45) is 0. The fraction of sp³-hybridized carbons (Fsp3) is 0.133. The molecule has 112 valence electrons. The first-order chi connectivity index (χ1) is 10.6. The van der Waals surface area contributed by atoms with E-state index >= 15 is 0 Å². The smallest absolute Gasteiger partial charge is 0.261 e. The summed E-state index contributed by atoms with van der Waals surface area (Å²) in [4.78, 5) is 17.0. The summed E-state index contributed by atoms with van der Waals surface area (Å²) in [6.45, 7) is 1.80. The number of nitrogens with one attached hydrogen (secondary N) is 1. The minimum Gasteiger partial charge on any atom is -0.340 e. The molecule has 5 nitrogen and oxygen atoms in total. The van der Waals surface area contributed by atoms with Crippen molar-refractivity contribution in [2.24, 2.45) is 0 Å². The van der Waals surface area contributed by atoms with Crippen molar-refractivity contribution < 1.29 is 9.32 Å². The molecule has 7 heteroatoms. The number of rotatable bonds is 4. The van der Waals surface area contributed by atoms with Crippen LogP contribution in [0.2, 0.25) is 5.02 Å². The molecule has 1 amide bonds. The lowest BCUT2D eigenvalue weighted by molar-refractivity contribution is 0.0936. The van der Waals surface area contributed by atoms with Crippen molar-refractivity contribution in [1.29, 1.82) is 0 Å². The maximum absolute atomic E-state index is 12.0. The van der Waals surface area contributed by atoms with Crippen LogP contribution in [0.25, 0.3) is 11.4 Å². The van der Waals surface area contributed by atoms with E-state index in [1.807, 2.05) is 23.6 Å². The van der Waals surface area contributed by atoms with Gasteiger partial charge in [0, 0.05) is 10.6 Å². The lowest BCUT2D eigenvalue weighted by Gasteiger charge is -2.07. The highest BCUT2D eigenvalue weighted by Gasteiger charge is 2.18. The highest BCUT2D eigenvalue weighted by Crippen LogP contribution is 2.21. The van der Waals surface area contributed by atoms with Gasteiger partial charge in [0.15, 0.2) is 0 Å². The van der Waals surface area contributed by atoms with E-state index in [0.717, 1.165) is 5.56 Å². The Kier molecular flexibility index (Phi) is 4.22. The molecule has 0 radical (unpaired) electrons. The van der Waals surface area contributed by atoms with Crippen molar-refractivity contribution >= 4 is 28.8 Å². The second-order valence-electron chi connectivity index (χ2n) is 4.64. The summed E-state index contributed by atoms with van der Waals surface area (Å²) >= 11 is 7.23. The summed E-state index contributed by atoms with van der Waals surface area (Å²) in [7, 11) is 0. The molecule has 0 aliphatic rings. The first kappa shape index (κ1) is 14.7. The average molecular weight is 334 g/mol. The maximum atomic E-state index is 12.0. The Morgan fingerprint density at radius 3 is 2.77 bits per heavy atom. The third kappa shape index (κ3) is 3.18. The molecule has 22 heavy (non-hydrogen) atoms. The van der Waals surface area contributed by atoms with Crippen LogP contribution in [0.5, 0.6) is 0 Å². The maximum Gasteiger partial charge on any atom is 0.261 e. The average Bonchev–Trinajstić information content (AvgIpc) is 3.20. The van der Waals surface area contributed by atoms with Gasteiger partial charge < -0.3 is 9.84 Å². The zero-order chi connectivity index (χ0) is 15.5. The van der Waals surface area contributed by atoms with Crippen LogP contribution in [0.4, 0.5) is 0 Å². The van der Waals surface area contributed by atoms with Gasteiger partial charge in [0.05, 0.1) is 4.88 Å². The Balaban J connectivity index is 1.73. The van der Waals surface area contributed by atoms with Gasteiger partial charge in [-0.2, -0.15) is 4.98 Å². The minimum atomic E-state index is -0.372. The van der Waals surface area contributed by atoms with Gasteiger partial charge in [-0.05, 0) is 42.6 Å². The predicted molar refractivity (Wildman–Crippen MR) is 84.9 cm³/mol. The molecule has 0 bridgehead atoms. The summed E-state index contributed by atoms with van der Waals surface area (Å²) in [5.74, 6) is 0.660. The van der Waals surface area contributed by atoms with Crippen LogP contribution in [-0.2, 0) is 0 Å². The van der Waals surface area contributed by atoms with E-state index in [4.69, 9.17) is 16.1 Å². The van der Waals surface area contributed by atoms with Crippen LogP contribution in [0.3, 0.4) is 0 Å². The molecular formula is C15H12ClN3O2S. The van der Waals surface area contributed by atoms with Gasteiger partial charge in [0.1, 0.15) is 6.04 Å². The molecule has 0 saturated heterocycles. The third-order valence-electron chi connectivity index (χ3n) is 3.01. The number of amides is 1. The van der Waals surface area contributed by atoms with Crippen molar-refractivity contribution in [2.45, 2.75) is 13.0 Å². The number of nitrogens with zero attached hydrogens (tertiary/aromatic N) is 2. The summed E-state index contributed by atoms with van der Waals surface area (Å²) in [5, 5.41) is 9.25. The molecule has 1 N–H and O–H groups in total. The first-order valence-electron chi connectivity index (χ1n) is 6.57. The Morgan fingerprint density at radius 1 is 1.32 bits per heavy atom. The zero-order valence-corrected chi connectivity index (χ0v) is 13.2. The molecule has 0 aliphatic heterocycles. The molecule has 0 saturated carbocycles. The number of halogens is 1. The lowest BCUT2D eigenvalue weighted by atomic mass is 10.2. The van der Waals surface area contributed by atoms with E-state index < -0.39 is 0 Å². The van der Waals surface area contributed by atoms with Crippen molar-refractivity contribution in [3.05, 3.63) is 57.6 Å². The molecule has 2 heterocycles. The standard InChI is InChI=1S/C15H12ClN3O2S/c1-9(17-14(20)12-3-2-8-22-12)15-18-13(19-21-15)10-4-6-11(16)7-5-10/h2-9H,1H3,(H,17,20)/t9-/m1/s1. The van der Waals surface area contributed by atoms with Gasteiger partial charge in [0.25, 0.3) is 5.91 Å². The predicted octanol–water partition coefficient (Wildman–Crippen LogP) is 3.94. The Bertz CT molecular complexity index is 768. The van der Waals surface area contributed by atoms with E-state index in [2.05, 4.69) is 15.5 Å². The highest BCUT2D eigenvalue weighted by molar-refractivity contribution is 7.12. The van der Waals surface area contributed by atoms with E-state index in [1.165, 1.54) is 11.3 Å². The van der Waals surface area contributed by atoms with Gasteiger partial charge in [-0.15, -0.1) is 11.3 Å². The number of benzene rings is 1. The molecule has 0 unspecified atom stereocenters. The van der Waals surface area contributed by atoms with Crippen molar-refractivity contribution in [2.75, 3.05) is 0 Å². The quantitative estimate of drug-likeness (QED) is 0.785. The monoisotopic (exact) mass is 333 g/mol. The second kappa shape index (κ2) is 6.29. The molecule has 0 aliphatic carbocycles. The van der Waals surface area contributed by atoms with Gasteiger partial charge in [0.2, 0.25) is 11.7 Å². The van der Waals surface area contributed by atoms with Crippen LogP contribution < -0.4 is 5.32 Å². The van der Waals surface area contributed by atoms with E-state index in [1.54, 1.807) is 25.1 Å².